The molecule has 0 radical (unpaired) electrons. The summed E-state index contributed by atoms with van der Waals surface area (Å²) in [5, 5.41) is 6.86. The van der Waals surface area contributed by atoms with Crippen molar-refractivity contribution in [2.75, 3.05) is 5.32 Å². The molecule has 0 aliphatic rings. The molecule has 28 heavy (non-hydrogen) atoms. The Morgan fingerprint density at radius 2 is 2.07 bits per heavy atom. The van der Waals surface area contributed by atoms with E-state index in [1.54, 1.807) is 37.3 Å². The van der Waals surface area contributed by atoms with Crippen LogP contribution in [0.3, 0.4) is 0 Å². The van der Waals surface area contributed by atoms with E-state index in [9.17, 15) is 9.18 Å². The predicted molar refractivity (Wildman–Crippen MR) is 104 cm³/mol. The first-order valence-electron chi connectivity index (χ1n) is 8.29. The summed E-state index contributed by atoms with van der Waals surface area (Å²) in [6.07, 6.45) is 0. The quantitative estimate of drug-likeness (QED) is 0.469. The van der Waals surface area contributed by atoms with E-state index in [-0.39, 0.29) is 18.2 Å². The summed E-state index contributed by atoms with van der Waals surface area (Å²) < 4.78 is 25.0. The summed E-state index contributed by atoms with van der Waals surface area (Å²) in [5.74, 6) is 0.743. The fraction of sp³-hybridized carbons (Fsp3) is 0.105. The molecule has 2 aromatic carbocycles. The molecule has 0 unspecified atom stereocenters. The minimum absolute atomic E-state index is 0.180. The SMILES string of the molecule is Cc1nc(COc2ccc(NC(=O)c3cc4c(F)cc(Br)cc4[nH]3)cc2)no1. The van der Waals surface area contributed by atoms with Gasteiger partial charge < -0.3 is 19.6 Å². The van der Waals surface area contributed by atoms with Crippen LogP contribution in [0.2, 0.25) is 0 Å². The Bertz CT molecular complexity index is 1150. The predicted octanol–water partition coefficient (Wildman–Crippen LogP) is 4.59. The van der Waals surface area contributed by atoms with Crippen molar-refractivity contribution in [1.82, 2.24) is 15.1 Å². The van der Waals surface area contributed by atoms with E-state index in [0.717, 1.165) is 0 Å². The lowest BCUT2D eigenvalue weighted by atomic mass is 10.2. The molecule has 7 nitrogen and oxygen atoms in total. The number of hydrogen-bond acceptors (Lipinski definition) is 5. The number of amides is 1. The first kappa shape index (κ1) is 18.2. The summed E-state index contributed by atoms with van der Waals surface area (Å²) in [7, 11) is 0. The van der Waals surface area contributed by atoms with Gasteiger partial charge in [-0.2, -0.15) is 4.98 Å². The van der Waals surface area contributed by atoms with Crippen LogP contribution in [0.15, 0.2) is 51.5 Å². The fourth-order valence-corrected chi connectivity index (χ4v) is 3.09. The number of nitrogens with zero attached hydrogens (tertiary/aromatic N) is 2. The van der Waals surface area contributed by atoms with Crippen molar-refractivity contribution in [2.24, 2.45) is 0 Å². The largest absolute Gasteiger partial charge is 0.485 e. The minimum Gasteiger partial charge on any atom is -0.485 e. The van der Waals surface area contributed by atoms with Crippen LogP contribution >= 0.6 is 15.9 Å². The molecular weight excluding hydrogens is 431 g/mol. The second-order valence-electron chi connectivity index (χ2n) is 6.03. The Hall–Kier alpha value is -3.20. The highest BCUT2D eigenvalue weighted by Crippen LogP contribution is 2.24. The summed E-state index contributed by atoms with van der Waals surface area (Å²) in [6.45, 7) is 1.88. The van der Waals surface area contributed by atoms with Crippen molar-refractivity contribution in [3.8, 4) is 5.75 Å². The molecule has 0 spiro atoms. The van der Waals surface area contributed by atoms with Crippen molar-refractivity contribution in [3.63, 3.8) is 0 Å². The number of carbonyl (C=O) groups excluding carboxylic acids is 1. The Labute approximate surface area is 167 Å². The number of rotatable bonds is 5. The summed E-state index contributed by atoms with van der Waals surface area (Å²) in [4.78, 5) is 19.4. The number of aromatic nitrogens is 3. The van der Waals surface area contributed by atoms with Gasteiger partial charge in [-0.05, 0) is 42.5 Å². The molecule has 2 heterocycles. The molecular formula is C19H14BrFN4O3. The number of hydrogen-bond donors (Lipinski definition) is 2. The van der Waals surface area contributed by atoms with Crippen molar-refractivity contribution < 1.29 is 18.4 Å². The molecule has 1 amide bonds. The molecule has 4 rings (SSSR count). The average Bonchev–Trinajstić information content (AvgIpc) is 3.27. The molecule has 2 aromatic heterocycles. The normalized spacial score (nSPS) is 11.0. The van der Waals surface area contributed by atoms with E-state index in [1.807, 2.05) is 0 Å². The minimum atomic E-state index is -0.405. The molecule has 0 aliphatic carbocycles. The van der Waals surface area contributed by atoms with Gasteiger partial charge in [-0.25, -0.2) is 4.39 Å². The second kappa shape index (κ2) is 7.43. The third-order valence-electron chi connectivity index (χ3n) is 3.95. The van der Waals surface area contributed by atoms with Gasteiger partial charge in [0.2, 0.25) is 11.7 Å². The van der Waals surface area contributed by atoms with E-state index in [1.165, 1.54) is 12.1 Å². The molecule has 142 valence electrons. The molecule has 0 saturated heterocycles. The van der Waals surface area contributed by atoms with Crippen LogP contribution in [0.5, 0.6) is 5.75 Å². The van der Waals surface area contributed by atoms with E-state index < -0.39 is 5.82 Å². The second-order valence-corrected chi connectivity index (χ2v) is 6.94. The van der Waals surface area contributed by atoms with Gasteiger partial charge in [0.05, 0.1) is 5.52 Å². The van der Waals surface area contributed by atoms with Gasteiger partial charge >= 0.3 is 0 Å². The first-order chi connectivity index (χ1) is 13.5. The lowest BCUT2D eigenvalue weighted by Crippen LogP contribution is -2.12. The van der Waals surface area contributed by atoms with Crippen LogP contribution in [0, 0.1) is 12.7 Å². The zero-order valence-electron chi connectivity index (χ0n) is 14.6. The monoisotopic (exact) mass is 444 g/mol. The number of nitrogens with one attached hydrogen (secondary N) is 2. The Kier molecular flexibility index (Phi) is 4.82. The Balaban J connectivity index is 1.42. The molecule has 0 fully saturated rings. The number of anilines is 1. The van der Waals surface area contributed by atoms with Crippen LogP contribution in [0.25, 0.3) is 10.9 Å². The van der Waals surface area contributed by atoms with Crippen molar-refractivity contribution in [3.05, 3.63) is 70.2 Å². The van der Waals surface area contributed by atoms with Gasteiger partial charge in [0.1, 0.15) is 17.3 Å². The maximum Gasteiger partial charge on any atom is 0.272 e. The Morgan fingerprint density at radius 1 is 1.29 bits per heavy atom. The average molecular weight is 445 g/mol. The molecule has 0 aliphatic heterocycles. The maximum atomic E-state index is 14.0. The topological polar surface area (TPSA) is 93.0 Å². The highest BCUT2D eigenvalue weighted by Gasteiger charge is 2.13. The van der Waals surface area contributed by atoms with Crippen molar-refractivity contribution >= 4 is 38.4 Å². The highest BCUT2D eigenvalue weighted by atomic mass is 79.9. The third kappa shape index (κ3) is 3.89. The number of carbonyl (C=O) groups is 1. The van der Waals surface area contributed by atoms with Gasteiger partial charge in [0.25, 0.3) is 5.91 Å². The zero-order chi connectivity index (χ0) is 19.7. The van der Waals surface area contributed by atoms with Crippen molar-refractivity contribution in [2.45, 2.75) is 13.5 Å². The maximum absolute atomic E-state index is 14.0. The molecule has 0 atom stereocenters. The standard InChI is InChI=1S/C19H14BrFN4O3/c1-10-22-18(25-28-10)9-27-13-4-2-12(3-5-13)23-19(26)17-8-14-15(21)6-11(20)7-16(14)24-17/h2-8,24H,9H2,1H3,(H,23,26). The summed E-state index contributed by atoms with van der Waals surface area (Å²) in [5.41, 5.74) is 1.38. The van der Waals surface area contributed by atoms with E-state index in [2.05, 4.69) is 36.4 Å². The van der Waals surface area contributed by atoms with Crippen LogP contribution < -0.4 is 10.1 Å². The zero-order valence-corrected chi connectivity index (χ0v) is 16.2. The van der Waals surface area contributed by atoms with Crippen LogP contribution in [0.4, 0.5) is 10.1 Å². The summed E-state index contributed by atoms with van der Waals surface area (Å²) >= 11 is 3.23. The molecule has 0 bridgehead atoms. The number of H-pyrrole nitrogens is 1. The number of aromatic amines is 1. The third-order valence-corrected chi connectivity index (χ3v) is 4.40. The van der Waals surface area contributed by atoms with Crippen molar-refractivity contribution in [1.29, 1.82) is 0 Å². The van der Waals surface area contributed by atoms with E-state index in [0.29, 0.717) is 38.5 Å². The molecule has 4 aromatic rings. The molecule has 0 saturated carbocycles. The first-order valence-corrected chi connectivity index (χ1v) is 9.08. The lowest BCUT2D eigenvalue weighted by molar-refractivity contribution is 0.102. The van der Waals surface area contributed by atoms with Gasteiger partial charge in [-0.15, -0.1) is 0 Å². The van der Waals surface area contributed by atoms with Crippen LogP contribution in [0.1, 0.15) is 22.2 Å². The van der Waals surface area contributed by atoms with Crippen LogP contribution in [-0.2, 0) is 6.61 Å². The lowest BCUT2D eigenvalue weighted by Gasteiger charge is -2.06. The summed E-state index contributed by atoms with van der Waals surface area (Å²) in [6, 6.07) is 11.4. The van der Waals surface area contributed by atoms with Gasteiger partial charge in [0, 0.05) is 22.5 Å². The van der Waals surface area contributed by atoms with Gasteiger partial charge in [0.15, 0.2) is 6.61 Å². The van der Waals surface area contributed by atoms with E-state index >= 15 is 0 Å². The van der Waals surface area contributed by atoms with E-state index in [4.69, 9.17) is 9.26 Å². The number of fused-ring (bicyclic) bond motifs is 1. The number of aryl methyl sites for hydroxylation is 1. The number of ether oxygens (including phenoxy) is 1. The van der Waals surface area contributed by atoms with Crippen LogP contribution in [-0.4, -0.2) is 21.0 Å². The highest BCUT2D eigenvalue weighted by molar-refractivity contribution is 9.10. The Morgan fingerprint density at radius 3 is 2.79 bits per heavy atom. The number of benzene rings is 2. The van der Waals surface area contributed by atoms with Gasteiger partial charge in [-0.1, -0.05) is 21.1 Å². The molecule has 2 N–H and O–H groups in total. The smallest absolute Gasteiger partial charge is 0.272 e. The fourth-order valence-electron chi connectivity index (χ4n) is 2.66. The molecule has 9 heteroatoms. The van der Waals surface area contributed by atoms with Gasteiger partial charge in [-0.3, -0.25) is 4.79 Å². The number of halogens is 2.